The SMILES string of the molecule is CCOc1ccccc1C(C)(N)c1cccc(Br)c1. The van der Waals surface area contributed by atoms with Gasteiger partial charge in [0, 0.05) is 10.0 Å². The average Bonchev–Trinajstić information content (AvgIpc) is 2.39. The second-order valence-electron chi connectivity index (χ2n) is 4.64. The molecule has 0 spiro atoms. The first kappa shape index (κ1) is 14.1. The van der Waals surface area contributed by atoms with Gasteiger partial charge in [-0.3, -0.25) is 0 Å². The Morgan fingerprint density at radius 1 is 1.16 bits per heavy atom. The molecule has 2 aromatic rings. The summed E-state index contributed by atoms with van der Waals surface area (Å²) < 4.78 is 6.71. The Hall–Kier alpha value is -1.32. The predicted octanol–water partition coefficient (Wildman–Crippen LogP) is 4.07. The molecule has 2 rings (SSSR count). The van der Waals surface area contributed by atoms with E-state index in [9.17, 15) is 0 Å². The van der Waals surface area contributed by atoms with Crippen molar-refractivity contribution < 1.29 is 4.74 Å². The molecule has 0 heterocycles. The summed E-state index contributed by atoms with van der Waals surface area (Å²) >= 11 is 3.49. The molecule has 2 nitrogen and oxygen atoms in total. The van der Waals surface area contributed by atoms with Gasteiger partial charge in [-0.25, -0.2) is 0 Å². The highest BCUT2D eigenvalue weighted by Gasteiger charge is 2.27. The Labute approximate surface area is 122 Å². The largest absolute Gasteiger partial charge is 0.494 e. The molecule has 0 fully saturated rings. The lowest BCUT2D eigenvalue weighted by atomic mass is 9.85. The van der Waals surface area contributed by atoms with Crippen molar-refractivity contribution in [3.63, 3.8) is 0 Å². The van der Waals surface area contributed by atoms with Crippen molar-refractivity contribution in [1.82, 2.24) is 0 Å². The Morgan fingerprint density at radius 2 is 1.89 bits per heavy atom. The number of halogens is 1. The summed E-state index contributed by atoms with van der Waals surface area (Å²) in [5.74, 6) is 0.843. The molecule has 0 aromatic heterocycles. The molecule has 0 saturated heterocycles. The molecule has 0 saturated carbocycles. The van der Waals surface area contributed by atoms with Gasteiger partial charge >= 0.3 is 0 Å². The molecule has 0 amide bonds. The first-order chi connectivity index (χ1) is 9.05. The van der Waals surface area contributed by atoms with Gasteiger partial charge in [-0.05, 0) is 37.6 Å². The van der Waals surface area contributed by atoms with Gasteiger partial charge in [-0.2, -0.15) is 0 Å². The first-order valence-electron chi connectivity index (χ1n) is 6.33. The van der Waals surface area contributed by atoms with Crippen LogP contribution < -0.4 is 10.5 Å². The maximum Gasteiger partial charge on any atom is 0.124 e. The molecular formula is C16H18BrNO. The van der Waals surface area contributed by atoms with Crippen LogP contribution in [0.2, 0.25) is 0 Å². The fourth-order valence-electron chi connectivity index (χ4n) is 2.14. The molecule has 0 aliphatic heterocycles. The second-order valence-corrected chi connectivity index (χ2v) is 5.56. The van der Waals surface area contributed by atoms with Crippen LogP contribution >= 0.6 is 15.9 Å². The molecule has 19 heavy (non-hydrogen) atoms. The highest BCUT2D eigenvalue weighted by Crippen LogP contribution is 2.34. The normalized spacial score (nSPS) is 13.9. The minimum absolute atomic E-state index is 0.588. The molecule has 0 aliphatic carbocycles. The molecule has 0 radical (unpaired) electrons. The van der Waals surface area contributed by atoms with Crippen LogP contribution in [0, 0.1) is 0 Å². The van der Waals surface area contributed by atoms with Crippen LogP contribution in [0.15, 0.2) is 53.0 Å². The molecular weight excluding hydrogens is 302 g/mol. The van der Waals surface area contributed by atoms with Crippen LogP contribution in [0.4, 0.5) is 0 Å². The summed E-state index contributed by atoms with van der Waals surface area (Å²) in [6.07, 6.45) is 0. The van der Waals surface area contributed by atoms with E-state index in [1.165, 1.54) is 0 Å². The van der Waals surface area contributed by atoms with Crippen molar-refractivity contribution >= 4 is 15.9 Å². The van der Waals surface area contributed by atoms with E-state index < -0.39 is 5.54 Å². The summed E-state index contributed by atoms with van der Waals surface area (Å²) in [6, 6.07) is 16.0. The third-order valence-electron chi connectivity index (χ3n) is 3.17. The van der Waals surface area contributed by atoms with Gasteiger partial charge < -0.3 is 10.5 Å². The van der Waals surface area contributed by atoms with E-state index in [0.717, 1.165) is 21.3 Å². The molecule has 100 valence electrons. The van der Waals surface area contributed by atoms with E-state index in [1.54, 1.807) is 0 Å². The molecule has 2 aromatic carbocycles. The summed E-state index contributed by atoms with van der Waals surface area (Å²) in [4.78, 5) is 0. The lowest BCUT2D eigenvalue weighted by Crippen LogP contribution is -2.34. The number of para-hydroxylation sites is 1. The minimum Gasteiger partial charge on any atom is -0.494 e. The van der Waals surface area contributed by atoms with Crippen LogP contribution in [-0.2, 0) is 5.54 Å². The summed E-state index contributed by atoms with van der Waals surface area (Å²) in [6.45, 7) is 4.61. The summed E-state index contributed by atoms with van der Waals surface area (Å²) in [5, 5.41) is 0. The smallest absolute Gasteiger partial charge is 0.124 e. The van der Waals surface area contributed by atoms with E-state index in [2.05, 4.69) is 15.9 Å². The van der Waals surface area contributed by atoms with Crippen LogP contribution in [0.5, 0.6) is 5.75 Å². The van der Waals surface area contributed by atoms with Gasteiger partial charge in [-0.15, -0.1) is 0 Å². The first-order valence-corrected chi connectivity index (χ1v) is 7.12. The van der Waals surface area contributed by atoms with Gasteiger partial charge in [0.25, 0.3) is 0 Å². The highest BCUT2D eigenvalue weighted by molar-refractivity contribution is 9.10. The molecule has 0 bridgehead atoms. The Bertz CT molecular complexity index is 566. The standard InChI is InChI=1S/C16H18BrNO/c1-3-19-15-10-5-4-9-14(15)16(2,18)12-7-6-8-13(17)11-12/h4-11H,3,18H2,1-2H3. The molecule has 3 heteroatoms. The molecule has 1 atom stereocenters. The van der Waals surface area contributed by atoms with Crippen LogP contribution in [0.3, 0.4) is 0 Å². The highest BCUT2D eigenvalue weighted by atomic mass is 79.9. The maximum atomic E-state index is 6.56. The van der Waals surface area contributed by atoms with Crippen molar-refractivity contribution in [2.75, 3.05) is 6.61 Å². The number of rotatable bonds is 4. The number of ether oxygens (including phenoxy) is 1. The van der Waals surface area contributed by atoms with E-state index in [0.29, 0.717) is 6.61 Å². The van der Waals surface area contributed by atoms with E-state index in [4.69, 9.17) is 10.5 Å². The Morgan fingerprint density at radius 3 is 2.58 bits per heavy atom. The fraction of sp³-hybridized carbons (Fsp3) is 0.250. The molecule has 1 unspecified atom stereocenters. The predicted molar refractivity (Wildman–Crippen MR) is 82.4 cm³/mol. The topological polar surface area (TPSA) is 35.2 Å². The zero-order chi connectivity index (χ0) is 13.9. The lowest BCUT2D eigenvalue weighted by molar-refractivity contribution is 0.330. The number of hydrogen-bond donors (Lipinski definition) is 1. The summed E-state index contributed by atoms with van der Waals surface area (Å²) in [5.41, 5.74) is 8.02. The lowest BCUT2D eigenvalue weighted by Gasteiger charge is -2.28. The van der Waals surface area contributed by atoms with Crippen molar-refractivity contribution in [3.05, 3.63) is 64.1 Å². The van der Waals surface area contributed by atoms with Gasteiger partial charge in [0.05, 0.1) is 12.1 Å². The minimum atomic E-state index is -0.588. The van der Waals surface area contributed by atoms with Crippen LogP contribution in [0.25, 0.3) is 0 Å². The quantitative estimate of drug-likeness (QED) is 0.922. The third-order valence-corrected chi connectivity index (χ3v) is 3.66. The van der Waals surface area contributed by atoms with Gasteiger partial charge in [-0.1, -0.05) is 46.3 Å². The van der Waals surface area contributed by atoms with Crippen molar-refractivity contribution in [2.45, 2.75) is 19.4 Å². The van der Waals surface area contributed by atoms with E-state index in [-0.39, 0.29) is 0 Å². The third kappa shape index (κ3) is 2.99. The van der Waals surface area contributed by atoms with Gasteiger partial charge in [0.15, 0.2) is 0 Å². The Balaban J connectivity index is 2.50. The zero-order valence-electron chi connectivity index (χ0n) is 11.2. The van der Waals surface area contributed by atoms with Gasteiger partial charge in [0.2, 0.25) is 0 Å². The number of nitrogens with two attached hydrogens (primary N) is 1. The van der Waals surface area contributed by atoms with Crippen molar-refractivity contribution in [2.24, 2.45) is 5.73 Å². The van der Waals surface area contributed by atoms with Crippen LogP contribution in [-0.4, -0.2) is 6.61 Å². The van der Waals surface area contributed by atoms with Crippen molar-refractivity contribution in [3.8, 4) is 5.75 Å². The number of benzene rings is 2. The molecule has 0 aliphatic rings. The van der Waals surface area contributed by atoms with Crippen molar-refractivity contribution in [1.29, 1.82) is 0 Å². The van der Waals surface area contributed by atoms with E-state index >= 15 is 0 Å². The maximum absolute atomic E-state index is 6.56. The average molecular weight is 320 g/mol. The van der Waals surface area contributed by atoms with E-state index in [1.807, 2.05) is 62.4 Å². The zero-order valence-corrected chi connectivity index (χ0v) is 12.8. The number of hydrogen-bond acceptors (Lipinski definition) is 2. The monoisotopic (exact) mass is 319 g/mol. The molecule has 2 N–H and O–H groups in total. The summed E-state index contributed by atoms with van der Waals surface area (Å²) in [7, 11) is 0. The second kappa shape index (κ2) is 5.76. The Kier molecular flexibility index (Phi) is 4.27. The van der Waals surface area contributed by atoms with Gasteiger partial charge in [0.1, 0.15) is 5.75 Å². The van der Waals surface area contributed by atoms with Crippen LogP contribution in [0.1, 0.15) is 25.0 Å². The fourth-order valence-corrected chi connectivity index (χ4v) is 2.54.